The maximum absolute atomic E-state index is 11.3. The standard InChI is InChI=1S/C14H22N4O3S2.HI/c1-2-16-14(18-11-7-9-3-5-12(11)21-9)17-8-10-4-6-13(22-10)23(15,19)20;/h4,6,9,11-12H,2-3,5,7-8H2,1H3,(H2,15,19,20)(H2,16,17,18);1H. The molecule has 0 aliphatic carbocycles. The van der Waals surface area contributed by atoms with Crippen LogP contribution in [0.3, 0.4) is 0 Å². The highest BCUT2D eigenvalue weighted by molar-refractivity contribution is 14.0. The van der Waals surface area contributed by atoms with E-state index in [-0.39, 0.29) is 34.3 Å². The maximum atomic E-state index is 11.3. The van der Waals surface area contributed by atoms with E-state index in [1.54, 1.807) is 6.07 Å². The second-order valence-electron chi connectivity index (χ2n) is 5.82. The summed E-state index contributed by atoms with van der Waals surface area (Å²) in [6.45, 7) is 3.19. The van der Waals surface area contributed by atoms with Crippen molar-refractivity contribution in [2.24, 2.45) is 10.1 Å². The van der Waals surface area contributed by atoms with Gasteiger partial charge in [-0.3, -0.25) is 0 Å². The quantitative estimate of drug-likeness (QED) is 0.332. The lowest BCUT2D eigenvalue weighted by atomic mass is 9.96. The number of sulfonamides is 1. The summed E-state index contributed by atoms with van der Waals surface area (Å²) in [5.41, 5.74) is 0. The molecule has 4 N–H and O–H groups in total. The number of rotatable bonds is 5. The summed E-state index contributed by atoms with van der Waals surface area (Å²) >= 11 is 1.15. The number of guanidine groups is 1. The molecule has 0 radical (unpaired) electrons. The van der Waals surface area contributed by atoms with Crippen LogP contribution >= 0.6 is 35.3 Å². The summed E-state index contributed by atoms with van der Waals surface area (Å²) in [6.07, 6.45) is 3.94. The molecule has 2 aliphatic rings. The summed E-state index contributed by atoms with van der Waals surface area (Å²) in [4.78, 5) is 5.40. The largest absolute Gasteiger partial charge is 0.373 e. The maximum Gasteiger partial charge on any atom is 0.247 e. The van der Waals surface area contributed by atoms with Gasteiger partial charge in [-0.05, 0) is 38.3 Å². The molecule has 2 aliphatic heterocycles. The van der Waals surface area contributed by atoms with Gasteiger partial charge in [0.1, 0.15) is 4.21 Å². The van der Waals surface area contributed by atoms with Gasteiger partial charge in [0.2, 0.25) is 10.0 Å². The molecule has 3 atom stereocenters. The number of halogens is 1. The molecule has 0 spiro atoms. The Balaban J connectivity index is 0.00000208. The molecule has 136 valence electrons. The zero-order valence-corrected chi connectivity index (χ0v) is 17.4. The Morgan fingerprint density at radius 3 is 2.79 bits per heavy atom. The summed E-state index contributed by atoms with van der Waals surface area (Å²) in [7, 11) is -3.63. The van der Waals surface area contributed by atoms with Gasteiger partial charge in [0.25, 0.3) is 0 Å². The summed E-state index contributed by atoms with van der Waals surface area (Å²) in [5, 5.41) is 11.8. The predicted molar refractivity (Wildman–Crippen MR) is 105 cm³/mol. The first-order valence-corrected chi connectivity index (χ1v) is 10.1. The van der Waals surface area contributed by atoms with Crippen LogP contribution in [0.4, 0.5) is 0 Å². The fourth-order valence-corrected chi connectivity index (χ4v) is 4.74. The third kappa shape index (κ3) is 4.81. The monoisotopic (exact) mass is 486 g/mol. The molecule has 2 saturated heterocycles. The molecule has 3 rings (SSSR count). The molecule has 0 saturated carbocycles. The van der Waals surface area contributed by atoms with Crippen LogP contribution in [0.2, 0.25) is 0 Å². The van der Waals surface area contributed by atoms with E-state index in [2.05, 4.69) is 15.6 Å². The van der Waals surface area contributed by atoms with Gasteiger partial charge in [-0.2, -0.15) is 0 Å². The van der Waals surface area contributed by atoms with Crippen LogP contribution in [0.15, 0.2) is 21.3 Å². The van der Waals surface area contributed by atoms with Crippen molar-refractivity contribution in [3.05, 3.63) is 17.0 Å². The SMILES string of the molecule is CCNC(=NCc1ccc(S(N)(=O)=O)s1)NC1CC2CCC1O2.I. The lowest BCUT2D eigenvalue weighted by Crippen LogP contribution is -2.47. The molecule has 3 unspecified atom stereocenters. The summed E-state index contributed by atoms with van der Waals surface area (Å²) in [6, 6.07) is 3.57. The van der Waals surface area contributed by atoms with Gasteiger partial charge in [-0.25, -0.2) is 18.5 Å². The van der Waals surface area contributed by atoms with E-state index < -0.39 is 10.0 Å². The minimum absolute atomic E-state index is 0. The number of primary sulfonamides is 1. The minimum Gasteiger partial charge on any atom is -0.373 e. The molecule has 1 aromatic heterocycles. The third-order valence-electron chi connectivity index (χ3n) is 4.08. The van der Waals surface area contributed by atoms with Gasteiger partial charge in [0, 0.05) is 11.4 Å². The molecule has 1 aromatic rings. The van der Waals surface area contributed by atoms with Gasteiger partial charge in [0.05, 0.1) is 24.8 Å². The second-order valence-corrected chi connectivity index (χ2v) is 8.78. The molecule has 0 aromatic carbocycles. The fourth-order valence-electron chi connectivity index (χ4n) is 3.04. The van der Waals surface area contributed by atoms with E-state index in [1.807, 2.05) is 6.92 Å². The lowest BCUT2D eigenvalue weighted by molar-refractivity contribution is 0.0992. The average molecular weight is 486 g/mol. The zero-order valence-electron chi connectivity index (χ0n) is 13.4. The Bertz CT molecular complexity index is 692. The first kappa shape index (κ1) is 19.9. The molecular weight excluding hydrogens is 463 g/mol. The lowest BCUT2D eigenvalue weighted by Gasteiger charge is -2.22. The first-order valence-electron chi connectivity index (χ1n) is 7.77. The molecule has 10 heteroatoms. The van der Waals surface area contributed by atoms with Crippen molar-refractivity contribution in [2.45, 2.75) is 55.2 Å². The van der Waals surface area contributed by atoms with Gasteiger partial charge in [0.15, 0.2) is 5.96 Å². The van der Waals surface area contributed by atoms with Crippen molar-refractivity contribution in [3.8, 4) is 0 Å². The number of aliphatic imine (C=N–C) groups is 1. The number of hydrogen-bond donors (Lipinski definition) is 3. The van der Waals surface area contributed by atoms with Crippen molar-refractivity contribution >= 4 is 51.3 Å². The molecule has 3 heterocycles. The molecule has 0 amide bonds. The van der Waals surface area contributed by atoms with Crippen molar-refractivity contribution in [2.75, 3.05) is 6.54 Å². The highest BCUT2D eigenvalue weighted by Gasteiger charge is 2.41. The van der Waals surface area contributed by atoms with Crippen LogP contribution in [0.1, 0.15) is 31.1 Å². The van der Waals surface area contributed by atoms with Crippen LogP contribution in [0, 0.1) is 0 Å². The van der Waals surface area contributed by atoms with E-state index in [1.165, 1.54) is 6.07 Å². The van der Waals surface area contributed by atoms with Crippen LogP contribution < -0.4 is 15.8 Å². The van der Waals surface area contributed by atoms with Crippen LogP contribution in [-0.2, 0) is 21.3 Å². The van der Waals surface area contributed by atoms with E-state index in [9.17, 15) is 8.42 Å². The molecule has 2 bridgehead atoms. The average Bonchev–Trinajstić information content (AvgIpc) is 3.20. The number of hydrogen-bond acceptors (Lipinski definition) is 5. The van der Waals surface area contributed by atoms with Crippen molar-refractivity contribution in [3.63, 3.8) is 0 Å². The summed E-state index contributed by atoms with van der Waals surface area (Å²) < 4.78 is 28.6. The van der Waals surface area contributed by atoms with Crippen molar-refractivity contribution in [1.82, 2.24) is 10.6 Å². The molecule has 24 heavy (non-hydrogen) atoms. The van der Waals surface area contributed by atoms with Crippen LogP contribution in [0.25, 0.3) is 0 Å². The normalized spacial score (nSPS) is 26.2. The topological polar surface area (TPSA) is 106 Å². The van der Waals surface area contributed by atoms with Gasteiger partial charge < -0.3 is 15.4 Å². The Labute approximate surface area is 163 Å². The zero-order chi connectivity index (χ0) is 16.4. The Kier molecular flexibility index (Phi) is 6.88. The number of nitrogens with one attached hydrogen (secondary N) is 2. The molecule has 2 fully saturated rings. The van der Waals surface area contributed by atoms with Gasteiger partial charge in [-0.15, -0.1) is 35.3 Å². The molecule has 7 nitrogen and oxygen atoms in total. The van der Waals surface area contributed by atoms with Crippen molar-refractivity contribution < 1.29 is 13.2 Å². The van der Waals surface area contributed by atoms with E-state index >= 15 is 0 Å². The third-order valence-corrected chi connectivity index (χ3v) is 6.59. The Morgan fingerprint density at radius 2 is 2.25 bits per heavy atom. The number of nitrogens with zero attached hydrogens (tertiary/aromatic N) is 1. The number of nitrogens with two attached hydrogens (primary N) is 1. The Morgan fingerprint density at radius 1 is 1.46 bits per heavy atom. The van der Waals surface area contributed by atoms with Crippen LogP contribution in [-0.4, -0.2) is 39.2 Å². The smallest absolute Gasteiger partial charge is 0.247 e. The minimum atomic E-state index is -3.63. The first-order chi connectivity index (χ1) is 11.0. The summed E-state index contributed by atoms with van der Waals surface area (Å²) in [5.74, 6) is 0.735. The Hall–Kier alpha value is -0.430. The highest BCUT2D eigenvalue weighted by atomic mass is 127. The molecular formula is C14H23IN4O3S2. The number of ether oxygens (including phenoxy) is 1. The van der Waals surface area contributed by atoms with E-state index in [4.69, 9.17) is 9.88 Å². The number of fused-ring (bicyclic) bond motifs is 2. The second kappa shape index (κ2) is 8.30. The van der Waals surface area contributed by atoms with Crippen LogP contribution in [0.5, 0.6) is 0 Å². The van der Waals surface area contributed by atoms with Crippen molar-refractivity contribution in [1.29, 1.82) is 0 Å². The van der Waals surface area contributed by atoms with Gasteiger partial charge in [-0.1, -0.05) is 0 Å². The highest BCUT2D eigenvalue weighted by Crippen LogP contribution is 2.34. The van der Waals surface area contributed by atoms with Gasteiger partial charge >= 0.3 is 0 Å². The van der Waals surface area contributed by atoms with E-state index in [0.717, 1.165) is 48.0 Å². The number of thiophene rings is 1. The fraction of sp³-hybridized carbons (Fsp3) is 0.643. The van der Waals surface area contributed by atoms with E-state index in [0.29, 0.717) is 18.7 Å². The predicted octanol–water partition coefficient (Wildman–Crippen LogP) is 1.39.